The normalized spacial score (nSPS) is 12.8. The molecule has 1 aliphatic heterocycles. The number of benzene rings is 3. The van der Waals surface area contributed by atoms with Gasteiger partial charge in [-0.25, -0.2) is 0 Å². The summed E-state index contributed by atoms with van der Waals surface area (Å²) in [6, 6.07) is 23.3. The number of hydrogen-bond acceptors (Lipinski definition) is 4. The molecule has 240 valence electrons. The van der Waals surface area contributed by atoms with E-state index in [2.05, 4.69) is 96.7 Å². The van der Waals surface area contributed by atoms with Crippen LogP contribution in [0.4, 0.5) is 5.69 Å². The first kappa shape index (κ1) is 36.8. The number of anilines is 1. The Labute approximate surface area is 268 Å². The summed E-state index contributed by atoms with van der Waals surface area (Å²) in [6.45, 7) is 19.4. The average molecular weight is 599 g/mol. The Morgan fingerprint density at radius 3 is 2.11 bits per heavy atom. The van der Waals surface area contributed by atoms with E-state index in [0.717, 1.165) is 57.5 Å². The number of carbonyl (C=O) groups excluding carboxylic acids is 1. The second-order valence-corrected chi connectivity index (χ2v) is 11.3. The minimum absolute atomic E-state index is 0.231. The van der Waals surface area contributed by atoms with Crippen LogP contribution in [0.1, 0.15) is 80.1 Å². The maximum Gasteiger partial charge on any atom is 0.166 e. The van der Waals surface area contributed by atoms with Crippen molar-refractivity contribution in [2.24, 2.45) is 5.92 Å². The van der Waals surface area contributed by atoms with Crippen molar-refractivity contribution < 1.29 is 4.79 Å². The Balaban J connectivity index is 0.000000303. The molecule has 2 heterocycles. The lowest BCUT2D eigenvalue weighted by molar-refractivity contribution is 0.0895. The van der Waals surface area contributed by atoms with Crippen molar-refractivity contribution in [2.45, 2.75) is 74.3 Å². The number of para-hydroxylation sites is 1. The Hall–Kier alpha value is -3.41. The van der Waals surface area contributed by atoms with Crippen LogP contribution in [-0.4, -0.2) is 55.9 Å². The number of piperidine rings is 1. The van der Waals surface area contributed by atoms with Crippen LogP contribution in [0.3, 0.4) is 0 Å². The van der Waals surface area contributed by atoms with Gasteiger partial charge in [-0.05, 0) is 90.5 Å². The first-order chi connectivity index (χ1) is 21.4. The van der Waals surface area contributed by atoms with Gasteiger partial charge in [0.2, 0.25) is 0 Å². The van der Waals surface area contributed by atoms with Crippen molar-refractivity contribution in [3.63, 3.8) is 0 Å². The number of carbonyl (C=O) groups is 1. The molecule has 1 saturated heterocycles. The molecule has 0 amide bonds. The number of aromatic nitrogens is 1. The molecular formula is C39H58N4O. The number of nitrogens with one attached hydrogen (secondary N) is 2. The van der Waals surface area contributed by atoms with E-state index >= 15 is 0 Å². The third kappa shape index (κ3) is 10.9. The van der Waals surface area contributed by atoms with E-state index < -0.39 is 0 Å². The molecule has 3 aromatic carbocycles. The number of Topliss-reactive ketones (excluding diaryl/α,β-unsaturated/α-hetero) is 1. The SMILES string of the molecule is CC.CC.CCN(CCc1c[nH]c2ccccc12)c1ccc(C)cc1CN(C)C.Cc1ccc(C(=O)C2CCNCC2)cc1. The lowest BCUT2D eigenvalue weighted by atomic mass is 9.89. The van der Waals surface area contributed by atoms with Gasteiger partial charge in [0.15, 0.2) is 5.78 Å². The van der Waals surface area contributed by atoms with Gasteiger partial charge in [0, 0.05) is 53.9 Å². The zero-order chi connectivity index (χ0) is 32.5. The molecule has 0 aliphatic carbocycles. The van der Waals surface area contributed by atoms with E-state index in [0.29, 0.717) is 5.78 Å². The lowest BCUT2D eigenvalue weighted by Crippen LogP contribution is -2.31. The van der Waals surface area contributed by atoms with Crippen molar-refractivity contribution in [3.05, 3.63) is 101 Å². The summed E-state index contributed by atoms with van der Waals surface area (Å²) in [5.41, 5.74) is 8.80. The molecule has 1 fully saturated rings. The molecule has 44 heavy (non-hydrogen) atoms. The fourth-order valence-corrected chi connectivity index (χ4v) is 5.57. The van der Waals surface area contributed by atoms with Gasteiger partial charge < -0.3 is 20.1 Å². The molecule has 5 heteroatoms. The summed E-state index contributed by atoms with van der Waals surface area (Å²) >= 11 is 0. The van der Waals surface area contributed by atoms with Gasteiger partial charge >= 0.3 is 0 Å². The molecule has 5 rings (SSSR count). The number of likely N-dealkylation sites (N-methyl/N-ethyl adjacent to an activating group) is 1. The van der Waals surface area contributed by atoms with E-state index in [1.165, 1.54) is 38.8 Å². The van der Waals surface area contributed by atoms with Gasteiger partial charge in [0.25, 0.3) is 0 Å². The molecule has 2 N–H and O–H groups in total. The van der Waals surface area contributed by atoms with Crippen LogP contribution in [0.15, 0.2) is 72.9 Å². The standard InChI is InChI=1S/C22H29N3.C13H17NO.2C2H6/c1-5-25(22-11-10-17(2)14-19(22)16-24(3)4)13-12-18-15-23-21-9-7-6-8-20(18)21;1-10-2-4-11(5-3-10)13(15)12-6-8-14-9-7-12;2*1-2/h6-11,14-15,23H,5,12-13,16H2,1-4H3;2-5,12,14H,6-9H2,1H3;2*1-2H3. The minimum atomic E-state index is 0.231. The van der Waals surface area contributed by atoms with Crippen molar-refractivity contribution in [1.82, 2.24) is 15.2 Å². The molecule has 0 radical (unpaired) electrons. The number of rotatable bonds is 9. The molecule has 4 aromatic rings. The second kappa shape index (κ2) is 19.8. The summed E-state index contributed by atoms with van der Waals surface area (Å²) in [6.07, 6.45) is 5.17. The topological polar surface area (TPSA) is 51.4 Å². The van der Waals surface area contributed by atoms with Crippen LogP contribution in [0.25, 0.3) is 10.9 Å². The Kier molecular flexibility index (Phi) is 16.5. The Bertz CT molecular complexity index is 1370. The van der Waals surface area contributed by atoms with Crippen LogP contribution in [0.2, 0.25) is 0 Å². The highest BCUT2D eigenvalue weighted by atomic mass is 16.1. The maximum absolute atomic E-state index is 12.1. The van der Waals surface area contributed by atoms with E-state index in [9.17, 15) is 4.79 Å². The predicted molar refractivity (Wildman–Crippen MR) is 192 cm³/mol. The number of aryl methyl sites for hydroxylation is 2. The number of hydrogen-bond donors (Lipinski definition) is 2. The number of ketones is 1. The molecule has 0 atom stereocenters. The number of fused-ring (bicyclic) bond motifs is 1. The Morgan fingerprint density at radius 1 is 0.841 bits per heavy atom. The van der Waals surface area contributed by atoms with E-state index in [1.807, 2.05) is 58.9 Å². The van der Waals surface area contributed by atoms with Gasteiger partial charge in [-0.3, -0.25) is 4.79 Å². The second-order valence-electron chi connectivity index (χ2n) is 11.3. The monoisotopic (exact) mass is 598 g/mol. The lowest BCUT2D eigenvalue weighted by Gasteiger charge is -2.27. The fraction of sp³-hybridized carbons (Fsp3) is 0.462. The predicted octanol–water partition coefficient (Wildman–Crippen LogP) is 8.84. The molecule has 0 saturated carbocycles. The molecule has 0 spiro atoms. The molecular weight excluding hydrogens is 540 g/mol. The third-order valence-electron chi connectivity index (χ3n) is 7.82. The third-order valence-corrected chi connectivity index (χ3v) is 7.82. The smallest absolute Gasteiger partial charge is 0.166 e. The summed E-state index contributed by atoms with van der Waals surface area (Å²) in [7, 11) is 4.27. The van der Waals surface area contributed by atoms with Crippen molar-refractivity contribution in [1.29, 1.82) is 0 Å². The van der Waals surface area contributed by atoms with Crippen LogP contribution in [-0.2, 0) is 13.0 Å². The van der Waals surface area contributed by atoms with Gasteiger partial charge in [0.05, 0.1) is 0 Å². The summed E-state index contributed by atoms with van der Waals surface area (Å²) in [4.78, 5) is 20.2. The first-order valence-corrected chi connectivity index (χ1v) is 16.7. The van der Waals surface area contributed by atoms with Gasteiger partial charge in [-0.1, -0.05) is 93.4 Å². The quantitative estimate of drug-likeness (QED) is 0.189. The molecule has 1 aromatic heterocycles. The van der Waals surface area contributed by atoms with Crippen LogP contribution in [0, 0.1) is 19.8 Å². The van der Waals surface area contributed by atoms with Crippen LogP contribution in [0.5, 0.6) is 0 Å². The number of nitrogens with zero attached hydrogens (tertiary/aromatic N) is 2. The van der Waals surface area contributed by atoms with E-state index in [4.69, 9.17) is 0 Å². The zero-order valence-electron chi connectivity index (χ0n) is 29.0. The average Bonchev–Trinajstić information content (AvgIpc) is 3.47. The van der Waals surface area contributed by atoms with Crippen molar-refractivity contribution in [3.8, 4) is 0 Å². The number of H-pyrrole nitrogens is 1. The number of aromatic amines is 1. The van der Waals surface area contributed by atoms with Crippen molar-refractivity contribution in [2.75, 3.05) is 45.2 Å². The molecule has 0 bridgehead atoms. The maximum atomic E-state index is 12.1. The zero-order valence-corrected chi connectivity index (χ0v) is 29.0. The molecule has 5 nitrogen and oxygen atoms in total. The highest BCUT2D eigenvalue weighted by Gasteiger charge is 2.21. The molecule has 0 unspecified atom stereocenters. The Morgan fingerprint density at radius 2 is 1.48 bits per heavy atom. The van der Waals surface area contributed by atoms with E-state index in [-0.39, 0.29) is 5.92 Å². The van der Waals surface area contributed by atoms with Crippen LogP contribution < -0.4 is 10.2 Å². The minimum Gasteiger partial charge on any atom is -0.371 e. The highest BCUT2D eigenvalue weighted by Crippen LogP contribution is 2.25. The van der Waals surface area contributed by atoms with Crippen LogP contribution >= 0.6 is 0 Å². The largest absolute Gasteiger partial charge is 0.371 e. The van der Waals surface area contributed by atoms with Gasteiger partial charge in [0.1, 0.15) is 0 Å². The summed E-state index contributed by atoms with van der Waals surface area (Å²) < 4.78 is 0. The molecule has 1 aliphatic rings. The van der Waals surface area contributed by atoms with Crippen molar-refractivity contribution >= 4 is 22.4 Å². The highest BCUT2D eigenvalue weighted by molar-refractivity contribution is 5.97. The van der Waals surface area contributed by atoms with E-state index in [1.54, 1.807) is 0 Å². The first-order valence-electron chi connectivity index (χ1n) is 16.7. The van der Waals surface area contributed by atoms with Gasteiger partial charge in [-0.15, -0.1) is 0 Å². The fourth-order valence-electron chi connectivity index (χ4n) is 5.57. The summed E-state index contributed by atoms with van der Waals surface area (Å²) in [5, 5.41) is 4.62. The summed E-state index contributed by atoms with van der Waals surface area (Å²) in [5.74, 6) is 0.547. The van der Waals surface area contributed by atoms with Gasteiger partial charge in [-0.2, -0.15) is 0 Å².